The molecule has 2 aromatic heterocycles. The molecule has 0 radical (unpaired) electrons. The molecule has 0 aliphatic carbocycles. The van der Waals surface area contributed by atoms with Crippen molar-refractivity contribution < 1.29 is 4.74 Å². The molecular formula is C27H32N4O2. The summed E-state index contributed by atoms with van der Waals surface area (Å²) < 4.78 is 8.08. The average Bonchev–Trinajstić information content (AvgIpc) is 2.81. The predicted octanol–water partition coefficient (Wildman–Crippen LogP) is 4.79. The van der Waals surface area contributed by atoms with Gasteiger partial charge in [-0.15, -0.1) is 0 Å². The average molecular weight is 445 g/mol. The van der Waals surface area contributed by atoms with Gasteiger partial charge in [0.15, 0.2) is 0 Å². The van der Waals surface area contributed by atoms with Crippen molar-refractivity contribution in [2.24, 2.45) is 13.0 Å². The molecular weight excluding hydrogens is 412 g/mol. The van der Waals surface area contributed by atoms with E-state index >= 15 is 0 Å². The molecule has 1 aromatic carbocycles. The van der Waals surface area contributed by atoms with Gasteiger partial charge in [0.05, 0.1) is 11.2 Å². The summed E-state index contributed by atoms with van der Waals surface area (Å²) in [6, 6.07) is 15.6. The van der Waals surface area contributed by atoms with E-state index in [1.165, 1.54) is 5.56 Å². The van der Waals surface area contributed by atoms with Gasteiger partial charge in [-0.1, -0.05) is 39.8 Å². The molecule has 6 heteroatoms. The van der Waals surface area contributed by atoms with Crippen molar-refractivity contribution in [2.45, 2.75) is 52.1 Å². The van der Waals surface area contributed by atoms with Crippen LogP contribution in [0.15, 0.2) is 47.3 Å². The quantitative estimate of drug-likeness (QED) is 0.579. The second-order valence-electron chi connectivity index (χ2n) is 9.94. The van der Waals surface area contributed by atoms with Crippen LogP contribution in [-0.2, 0) is 12.5 Å². The molecule has 0 N–H and O–H groups in total. The molecule has 1 saturated heterocycles. The van der Waals surface area contributed by atoms with Crippen molar-refractivity contribution in [1.82, 2.24) is 9.55 Å². The number of anilines is 1. The summed E-state index contributed by atoms with van der Waals surface area (Å²) >= 11 is 0. The Labute approximate surface area is 195 Å². The van der Waals surface area contributed by atoms with E-state index in [1.807, 2.05) is 6.07 Å². The number of ether oxygens (including phenoxy) is 1. The molecule has 3 heterocycles. The van der Waals surface area contributed by atoms with E-state index in [4.69, 9.17) is 4.74 Å². The smallest absolute Gasteiger partial charge is 0.252 e. The van der Waals surface area contributed by atoms with Gasteiger partial charge in [-0.3, -0.25) is 4.79 Å². The molecule has 4 rings (SSSR count). The highest BCUT2D eigenvalue weighted by atomic mass is 16.5. The summed E-state index contributed by atoms with van der Waals surface area (Å²) in [5.41, 5.74) is 3.85. The highest BCUT2D eigenvalue weighted by Gasteiger charge is 2.31. The SMILES string of the molecule is CCC1CN(c2cc(=O)n(C)c3ccc(C#N)nc23)CCC1Oc1cccc(C(C)(C)C)c1. The molecule has 3 aromatic rings. The van der Waals surface area contributed by atoms with E-state index in [9.17, 15) is 10.1 Å². The molecule has 1 fully saturated rings. The first kappa shape index (κ1) is 22.8. The third kappa shape index (κ3) is 4.59. The molecule has 2 atom stereocenters. The zero-order valence-corrected chi connectivity index (χ0v) is 20.1. The number of hydrogen-bond acceptors (Lipinski definition) is 5. The maximum atomic E-state index is 12.6. The molecule has 0 bridgehead atoms. The first-order valence-electron chi connectivity index (χ1n) is 11.6. The van der Waals surface area contributed by atoms with E-state index < -0.39 is 0 Å². The number of nitriles is 1. The lowest BCUT2D eigenvalue weighted by molar-refractivity contribution is 0.109. The lowest BCUT2D eigenvalue weighted by Crippen LogP contribution is -2.46. The second-order valence-corrected chi connectivity index (χ2v) is 9.94. The minimum absolute atomic E-state index is 0.0721. The number of rotatable bonds is 4. The topological polar surface area (TPSA) is 71.2 Å². The molecule has 172 valence electrons. The van der Waals surface area contributed by atoms with Crippen molar-refractivity contribution in [2.75, 3.05) is 18.0 Å². The maximum Gasteiger partial charge on any atom is 0.252 e. The Hall–Kier alpha value is -3.33. The summed E-state index contributed by atoms with van der Waals surface area (Å²) in [5.74, 6) is 1.23. The number of fused-ring (bicyclic) bond motifs is 1. The van der Waals surface area contributed by atoms with Crippen molar-refractivity contribution in [3.05, 3.63) is 64.1 Å². The molecule has 1 aliphatic heterocycles. The van der Waals surface area contributed by atoms with Crippen LogP contribution in [0.4, 0.5) is 5.69 Å². The number of pyridine rings is 2. The van der Waals surface area contributed by atoms with Crippen LogP contribution < -0.4 is 15.2 Å². The first-order valence-corrected chi connectivity index (χ1v) is 11.6. The minimum Gasteiger partial charge on any atom is -0.490 e. The van der Waals surface area contributed by atoms with Crippen molar-refractivity contribution in [3.8, 4) is 11.8 Å². The first-order chi connectivity index (χ1) is 15.7. The fourth-order valence-corrected chi connectivity index (χ4v) is 4.60. The maximum absolute atomic E-state index is 12.6. The van der Waals surface area contributed by atoms with Crippen LogP contribution in [-0.4, -0.2) is 28.7 Å². The zero-order valence-electron chi connectivity index (χ0n) is 20.1. The van der Waals surface area contributed by atoms with Crippen LogP contribution in [0.25, 0.3) is 11.0 Å². The Kier molecular flexibility index (Phi) is 6.16. The van der Waals surface area contributed by atoms with Gasteiger partial charge in [-0.25, -0.2) is 4.98 Å². The summed E-state index contributed by atoms with van der Waals surface area (Å²) in [7, 11) is 1.74. The third-order valence-electron chi connectivity index (χ3n) is 6.70. The Morgan fingerprint density at radius 1 is 1.21 bits per heavy atom. The highest BCUT2D eigenvalue weighted by Crippen LogP contribution is 2.32. The van der Waals surface area contributed by atoms with Gasteiger partial charge in [0.25, 0.3) is 5.56 Å². The van der Waals surface area contributed by atoms with Crippen LogP contribution in [0.1, 0.15) is 51.8 Å². The van der Waals surface area contributed by atoms with Crippen LogP contribution >= 0.6 is 0 Å². The predicted molar refractivity (Wildman–Crippen MR) is 132 cm³/mol. The molecule has 0 spiro atoms. The number of aromatic nitrogens is 2. The largest absolute Gasteiger partial charge is 0.490 e. The second kappa shape index (κ2) is 8.90. The van der Waals surface area contributed by atoms with E-state index in [2.05, 4.69) is 61.8 Å². The number of nitrogens with zero attached hydrogens (tertiary/aromatic N) is 4. The van der Waals surface area contributed by atoms with Crippen LogP contribution in [0.2, 0.25) is 0 Å². The number of piperidine rings is 1. The number of benzene rings is 1. The van der Waals surface area contributed by atoms with Gasteiger partial charge in [0, 0.05) is 38.5 Å². The fourth-order valence-electron chi connectivity index (χ4n) is 4.60. The Morgan fingerprint density at radius 2 is 2.00 bits per heavy atom. The summed E-state index contributed by atoms with van der Waals surface area (Å²) in [5, 5.41) is 9.34. The van der Waals surface area contributed by atoms with Gasteiger partial charge in [0.2, 0.25) is 0 Å². The molecule has 0 saturated carbocycles. The Morgan fingerprint density at radius 3 is 2.70 bits per heavy atom. The normalized spacial score (nSPS) is 18.8. The van der Waals surface area contributed by atoms with E-state index in [1.54, 1.807) is 29.8 Å². The Bertz CT molecular complexity index is 1270. The minimum atomic E-state index is -0.0746. The molecule has 1 aliphatic rings. The molecule has 0 amide bonds. The Balaban J connectivity index is 1.61. The number of aryl methyl sites for hydroxylation is 1. The number of hydrogen-bond donors (Lipinski definition) is 0. The van der Waals surface area contributed by atoms with Crippen LogP contribution in [0.5, 0.6) is 5.75 Å². The lowest BCUT2D eigenvalue weighted by Gasteiger charge is -2.39. The van der Waals surface area contributed by atoms with Gasteiger partial charge >= 0.3 is 0 Å². The molecule has 33 heavy (non-hydrogen) atoms. The van der Waals surface area contributed by atoms with Gasteiger partial charge in [-0.2, -0.15) is 5.26 Å². The van der Waals surface area contributed by atoms with Crippen molar-refractivity contribution >= 4 is 16.7 Å². The van der Waals surface area contributed by atoms with E-state index in [0.29, 0.717) is 17.1 Å². The van der Waals surface area contributed by atoms with Gasteiger partial charge < -0.3 is 14.2 Å². The van der Waals surface area contributed by atoms with Crippen LogP contribution in [0, 0.1) is 17.2 Å². The fraction of sp³-hybridized carbons (Fsp3) is 0.444. The van der Waals surface area contributed by atoms with Crippen molar-refractivity contribution in [3.63, 3.8) is 0 Å². The monoisotopic (exact) mass is 444 g/mol. The summed E-state index contributed by atoms with van der Waals surface area (Å²) in [6.45, 7) is 10.4. The lowest BCUT2D eigenvalue weighted by atomic mass is 9.87. The van der Waals surface area contributed by atoms with E-state index in [0.717, 1.165) is 42.9 Å². The van der Waals surface area contributed by atoms with Gasteiger partial charge in [-0.05, 0) is 41.7 Å². The van der Waals surface area contributed by atoms with Crippen LogP contribution in [0.3, 0.4) is 0 Å². The third-order valence-corrected chi connectivity index (χ3v) is 6.70. The van der Waals surface area contributed by atoms with Gasteiger partial charge in [0.1, 0.15) is 29.1 Å². The van der Waals surface area contributed by atoms with Crippen molar-refractivity contribution in [1.29, 1.82) is 5.26 Å². The standard InChI is InChI=1S/C27H32N4O2/c1-6-18-17-31(13-12-24(18)33-21-9-7-8-19(14-21)27(2,3)4)23-15-25(32)30(5)22-11-10-20(16-28)29-26(22)23/h7-11,14-15,18,24H,6,12-13,17H2,1-5H3. The molecule has 2 unspecified atom stereocenters. The summed E-state index contributed by atoms with van der Waals surface area (Å²) in [4.78, 5) is 19.4. The zero-order chi connectivity index (χ0) is 23.8. The highest BCUT2D eigenvalue weighted by molar-refractivity contribution is 5.88. The van der Waals surface area contributed by atoms with E-state index in [-0.39, 0.29) is 17.1 Å². The summed E-state index contributed by atoms with van der Waals surface area (Å²) in [6.07, 6.45) is 1.94. The molecule has 6 nitrogen and oxygen atoms in total.